The Balaban J connectivity index is 0.000000201. The van der Waals surface area contributed by atoms with Crippen molar-refractivity contribution in [2.45, 2.75) is 257 Å². The number of carbonyl (C=O) groups excluding carboxylic acids is 4. The van der Waals surface area contributed by atoms with Gasteiger partial charge < -0.3 is 39.4 Å². The third-order valence-electron chi connectivity index (χ3n) is 22.5. The third kappa shape index (κ3) is 20.0. The number of carbonyl (C=O) groups is 4. The van der Waals surface area contributed by atoms with E-state index in [1.807, 2.05) is 202 Å². The van der Waals surface area contributed by atoms with Gasteiger partial charge >= 0.3 is 23.9 Å². The Morgan fingerprint density at radius 2 is 0.695 bits per heavy atom. The van der Waals surface area contributed by atoms with Gasteiger partial charge in [0, 0.05) is 10.8 Å². The first-order chi connectivity index (χ1) is 44.4. The first-order valence-electron chi connectivity index (χ1n) is 35.5. The molecule has 12 heteroatoms. The van der Waals surface area contributed by atoms with Gasteiger partial charge in [0.2, 0.25) is 0 Å². The van der Waals surface area contributed by atoms with Crippen LogP contribution in [0.4, 0.5) is 0 Å². The molecule has 4 atom stereocenters. The van der Waals surface area contributed by atoms with Gasteiger partial charge in [-0.3, -0.25) is 19.2 Å². The van der Waals surface area contributed by atoms with Crippen LogP contribution >= 0.6 is 0 Å². The van der Waals surface area contributed by atoms with Gasteiger partial charge in [-0.2, -0.15) is 0 Å². The van der Waals surface area contributed by atoms with Gasteiger partial charge in [0.15, 0.2) is 0 Å². The zero-order valence-corrected chi connectivity index (χ0v) is 61.0. The number of esters is 4. The van der Waals surface area contributed by atoms with E-state index < -0.39 is 51.5 Å². The second-order valence-corrected chi connectivity index (χ2v) is 32.3. The lowest BCUT2D eigenvalue weighted by atomic mass is 9.47. The lowest BCUT2D eigenvalue weighted by molar-refractivity contribution is -0.144. The summed E-state index contributed by atoms with van der Waals surface area (Å²) in [7, 11) is 0. The van der Waals surface area contributed by atoms with E-state index in [4.69, 9.17) is 18.9 Å². The summed E-state index contributed by atoms with van der Waals surface area (Å²) in [5.74, 6) is 3.72. The van der Waals surface area contributed by atoms with E-state index in [-0.39, 0.29) is 40.1 Å². The van der Waals surface area contributed by atoms with E-state index in [0.29, 0.717) is 29.4 Å². The van der Waals surface area contributed by atoms with Gasteiger partial charge in [-0.15, -0.1) is 0 Å². The third-order valence-corrected chi connectivity index (χ3v) is 22.5. The minimum Gasteiger partial charge on any atom is -0.426 e. The average molecular weight is 1310 g/mol. The molecule has 5 aliphatic carbocycles. The van der Waals surface area contributed by atoms with Crippen LogP contribution in [0.2, 0.25) is 0 Å². The van der Waals surface area contributed by atoms with Crippen molar-refractivity contribution >= 4 is 23.9 Å². The van der Waals surface area contributed by atoms with Crippen molar-refractivity contribution in [3.8, 4) is 23.0 Å². The molecule has 0 spiro atoms. The van der Waals surface area contributed by atoms with Crippen LogP contribution in [0.5, 0.6) is 23.0 Å². The molecule has 5 aromatic carbocycles. The maximum Gasteiger partial charge on any atom is 0.316 e. The predicted molar refractivity (Wildman–Crippen MR) is 380 cm³/mol. The van der Waals surface area contributed by atoms with Crippen LogP contribution in [-0.4, -0.2) is 44.3 Å². The van der Waals surface area contributed by atoms with Crippen LogP contribution in [0.1, 0.15) is 280 Å². The minimum atomic E-state index is -0.660. The maximum atomic E-state index is 12.2. The van der Waals surface area contributed by atoms with E-state index in [1.54, 1.807) is 36.4 Å². The Morgan fingerprint density at radius 3 is 1.00 bits per heavy atom. The molecule has 4 bridgehead atoms. The van der Waals surface area contributed by atoms with Crippen molar-refractivity contribution in [1.82, 2.24) is 0 Å². The summed E-state index contributed by atoms with van der Waals surface area (Å²) in [4.78, 5) is 48.5. The number of ether oxygens (including phenoxy) is 4. The summed E-state index contributed by atoms with van der Waals surface area (Å²) in [6, 6.07) is 39.1. The number of aliphatic hydroxyl groups is 4. The van der Waals surface area contributed by atoms with E-state index in [9.17, 15) is 39.6 Å². The zero-order valence-electron chi connectivity index (χ0n) is 61.0. The first-order valence-corrected chi connectivity index (χ1v) is 35.5. The summed E-state index contributed by atoms with van der Waals surface area (Å²) in [5, 5.41) is 43.2. The monoisotopic (exact) mass is 1310 g/mol. The quantitative estimate of drug-likeness (QED) is 0.0380. The smallest absolute Gasteiger partial charge is 0.316 e. The largest absolute Gasteiger partial charge is 0.426 e. The van der Waals surface area contributed by atoms with E-state index in [1.165, 1.54) is 57.8 Å². The summed E-state index contributed by atoms with van der Waals surface area (Å²) >= 11 is 0. The molecule has 5 aromatic rings. The highest BCUT2D eigenvalue weighted by Crippen LogP contribution is 2.64. The van der Waals surface area contributed by atoms with Crippen LogP contribution in [0.25, 0.3) is 0 Å². The van der Waals surface area contributed by atoms with Gasteiger partial charge in [0.1, 0.15) is 23.0 Å². The maximum absolute atomic E-state index is 12.2. The molecule has 0 radical (unpaired) electrons. The van der Waals surface area contributed by atoms with Crippen molar-refractivity contribution in [3.05, 3.63) is 155 Å². The normalized spacial score (nSPS) is 20.5. The highest BCUT2D eigenvalue weighted by Gasteiger charge is 2.54. The van der Waals surface area contributed by atoms with Crippen LogP contribution in [0.3, 0.4) is 0 Å². The Labute approximate surface area is 570 Å². The molecule has 4 N–H and O–H groups in total. The number of aliphatic hydroxyl groups excluding tert-OH is 4. The van der Waals surface area contributed by atoms with Gasteiger partial charge in [0.25, 0.3) is 0 Å². The van der Waals surface area contributed by atoms with Gasteiger partial charge in [-0.1, -0.05) is 167 Å². The SMILES string of the molecule is CCC(C)(C)C(=O)Oc1ccc(C(O)C(C)(C)CC)cc1.CCC(C)(C)C(=O)Oc1ccc(C(O)C(C)(C)c2ccccc2)cc1.CCC(C)(C)C(=O)Oc1ccc(C(O)C2(C)CCCCC2)cc1.CCC(C)(C)C(=O)Oc1ccc(C(O)C23CC4CC(CC(C4)C2)C3)cc1. The molecule has 10 rings (SSSR count). The predicted octanol–water partition coefficient (Wildman–Crippen LogP) is 19.8. The summed E-state index contributed by atoms with van der Waals surface area (Å²) < 4.78 is 21.8. The molecule has 5 saturated carbocycles. The fourth-order valence-corrected chi connectivity index (χ4v) is 13.4. The van der Waals surface area contributed by atoms with E-state index in [2.05, 4.69) is 13.8 Å². The molecule has 522 valence electrons. The standard InChI is InChI=1S/C23H32O3.C22H28O3.C20H30O3.C18H28O3/c1-4-22(2,3)21(25)26-19-7-5-18(6-8-19)20(24)23-12-15-9-16(13-23)11-17(10-15)14-23;1-6-21(2,3)20(24)25-18-14-12-16(13-15-18)19(23)22(4,5)17-10-8-7-9-11-17;1-5-19(2,3)18(22)23-16-11-9-15(10-12-16)17(21)20(4)13-7-6-8-14-20;1-7-17(3,4)15(19)13-9-11-14(12-10-13)21-16(20)18(5,6)8-2/h5-8,15-17,20,24H,4,9-14H2,1-3H3;7-15,19,23H,6H2,1-5H3;9-12,17,21H,5-8,13-14H2,1-4H3;9-12,15,19H,7-8H2,1-6H3. The fourth-order valence-electron chi connectivity index (χ4n) is 13.4. The number of hydrogen-bond donors (Lipinski definition) is 4. The summed E-state index contributed by atoms with van der Waals surface area (Å²) in [6.45, 7) is 35.3. The number of benzene rings is 5. The molecular weight excluding hydrogens is 1190 g/mol. The molecule has 0 amide bonds. The second-order valence-electron chi connectivity index (χ2n) is 32.3. The fraction of sp³-hybridized carbons (Fsp3) is 0.590. The average Bonchev–Trinajstić information content (AvgIpc) is 0.738. The molecule has 4 unspecified atom stereocenters. The summed E-state index contributed by atoms with van der Waals surface area (Å²) in [6.07, 6.45) is 15.2. The first kappa shape index (κ1) is 77.8. The molecule has 0 saturated heterocycles. The lowest BCUT2D eigenvalue weighted by Crippen LogP contribution is -2.48. The van der Waals surface area contributed by atoms with Crippen LogP contribution in [0.15, 0.2) is 127 Å². The van der Waals surface area contributed by atoms with Crippen molar-refractivity contribution in [3.63, 3.8) is 0 Å². The van der Waals surface area contributed by atoms with E-state index >= 15 is 0 Å². The van der Waals surface area contributed by atoms with Gasteiger partial charge in [0.05, 0.1) is 46.1 Å². The zero-order chi connectivity index (χ0) is 70.5. The van der Waals surface area contributed by atoms with Gasteiger partial charge in [-0.05, 0) is 244 Å². The Bertz CT molecular complexity index is 3200. The van der Waals surface area contributed by atoms with Crippen molar-refractivity contribution in [2.75, 3.05) is 0 Å². The molecule has 0 heterocycles. The highest BCUT2D eigenvalue weighted by molar-refractivity contribution is 5.80. The number of rotatable bonds is 22. The Hall–Kier alpha value is -6.18. The van der Waals surface area contributed by atoms with E-state index in [0.717, 1.165) is 84.1 Å². The van der Waals surface area contributed by atoms with Crippen LogP contribution in [0, 0.1) is 55.7 Å². The lowest BCUT2D eigenvalue weighted by Gasteiger charge is -2.58. The number of hydrogen-bond acceptors (Lipinski definition) is 12. The molecule has 5 aliphatic rings. The second kappa shape index (κ2) is 32.5. The molecule has 0 aromatic heterocycles. The van der Waals surface area contributed by atoms with Crippen molar-refractivity contribution in [1.29, 1.82) is 0 Å². The Morgan fingerprint density at radius 1 is 0.400 bits per heavy atom. The van der Waals surface area contributed by atoms with Crippen LogP contribution in [-0.2, 0) is 24.6 Å². The molecule has 5 fully saturated rings. The molecular formula is C83H118O12. The molecule has 95 heavy (non-hydrogen) atoms. The molecule has 12 nitrogen and oxygen atoms in total. The highest BCUT2D eigenvalue weighted by atomic mass is 16.5. The minimum absolute atomic E-state index is 0.0410. The topological polar surface area (TPSA) is 186 Å². The van der Waals surface area contributed by atoms with Crippen LogP contribution < -0.4 is 18.9 Å². The summed E-state index contributed by atoms with van der Waals surface area (Å²) in [5.41, 5.74) is 2.08. The van der Waals surface area contributed by atoms with Crippen molar-refractivity contribution in [2.24, 2.45) is 55.7 Å². The molecule has 0 aliphatic heterocycles. The van der Waals surface area contributed by atoms with Gasteiger partial charge in [-0.25, -0.2) is 0 Å². The Kier molecular flexibility index (Phi) is 26.6. The van der Waals surface area contributed by atoms with Crippen molar-refractivity contribution < 1.29 is 58.6 Å².